The van der Waals surface area contributed by atoms with Gasteiger partial charge in [0.2, 0.25) is 0 Å². The van der Waals surface area contributed by atoms with E-state index >= 15 is 0 Å². The molecule has 0 fully saturated rings. The van der Waals surface area contributed by atoms with Gasteiger partial charge in [0.15, 0.2) is 0 Å². The maximum Gasteiger partial charge on any atom is 0.145 e. The zero-order valence-corrected chi connectivity index (χ0v) is 26.2. The van der Waals surface area contributed by atoms with Crippen molar-refractivity contribution >= 4 is 65.6 Å². The van der Waals surface area contributed by atoms with Crippen LogP contribution in [-0.2, 0) is 5.41 Å². The molecule has 0 radical (unpaired) electrons. The van der Waals surface area contributed by atoms with E-state index in [1.807, 2.05) is 54.6 Å². The maximum atomic E-state index is 11.0. The van der Waals surface area contributed by atoms with Crippen molar-refractivity contribution < 1.29 is 4.42 Å². The van der Waals surface area contributed by atoms with Gasteiger partial charge in [-0.1, -0.05) is 81.4 Å². The number of aromatic nitrogens is 2. The van der Waals surface area contributed by atoms with Gasteiger partial charge in [-0.2, -0.15) is 10.5 Å². The van der Waals surface area contributed by atoms with Gasteiger partial charge in [0, 0.05) is 26.9 Å². The molecule has 0 spiro atoms. The normalized spacial score (nSPS) is 12.1. The SMILES string of the molecule is CC(C)(C)c1ccc2c(c1)c1c3oc4ccccc4c3ccc1n2-c1cc(C#N)cc(-n2c3ccccc3c3ccccc32)c1C#N. The van der Waals surface area contributed by atoms with Gasteiger partial charge in [0.05, 0.1) is 50.5 Å². The van der Waals surface area contributed by atoms with Crippen LogP contribution < -0.4 is 0 Å². The van der Waals surface area contributed by atoms with Crippen LogP contribution in [0.5, 0.6) is 0 Å². The van der Waals surface area contributed by atoms with Crippen LogP contribution in [0, 0.1) is 22.7 Å². The second-order valence-electron chi connectivity index (χ2n) is 13.2. The highest BCUT2D eigenvalue weighted by Gasteiger charge is 2.25. The average molecular weight is 605 g/mol. The molecule has 0 amide bonds. The lowest BCUT2D eigenvalue weighted by Gasteiger charge is -2.19. The van der Waals surface area contributed by atoms with Crippen LogP contribution in [0.3, 0.4) is 0 Å². The topological polar surface area (TPSA) is 70.6 Å². The van der Waals surface area contributed by atoms with Crippen LogP contribution in [0.25, 0.3) is 76.9 Å². The monoisotopic (exact) mass is 604 g/mol. The molecule has 0 aliphatic heterocycles. The predicted octanol–water partition coefficient (Wildman–Crippen LogP) is 10.8. The Morgan fingerprint density at radius 3 is 1.77 bits per heavy atom. The second-order valence-corrected chi connectivity index (χ2v) is 13.2. The van der Waals surface area contributed by atoms with E-state index in [9.17, 15) is 10.5 Å². The minimum absolute atomic E-state index is 0.0768. The van der Waals surface area contributed by atoms with Crippen LogP contribution in [0.15, 0.2) is 120 Å². The Morgan fingerprint density at radius 1 is 0.553 bits per heavy atom. The lowest BCUT2D eigenvalue weighted by atomic mass is 9.86. The molecule has 0 saturated carbocycles. The number of rotatable bonds is 2. The summed E-state index contributed by atoms with van der Waals surface area (Å²) in [7, 11) is 0. The zero-order valence-electron chi connectivity index (χ0n) is 26.2. The Hall–Kier alpha value is -6.30. The Labute approximate surface area is 270 Å². The van der Waals surface area contributed by atoms with Gasteiger partial charge < -0.3 is 13.6 Å². The molecular formula is C42H28N4O. The molecule has 5 heteroatoms. The summed E-state index contributed by atoms with van der Waals surface area (Å²) in [6.45, 7) is 6.64. The average Bonchev–Trinajstić information content (AvgIpc) is 3.74. The minimum Gasteiger partial charge on any atom is -0.455 e. The molecule has 9 aromatic rings. The number of nitriles is 2. The van der Waals surface area contributed by atoms with E-state index in [-0.39, 0.29) is 5.41 Å². The van der Waals surface area contributed by atoms with Gasteiger partial charge in [0.25, 0.3) is 0 Å². The standard InChI is InChI=1S/C42H28N4O/c1-42(2,3)26-16-18-35-31(22-26)40-36(19-17-30-29-12-6-9-15-39(29)47-41(30)40)46(35)38-21-25(23-43)20-37(32(38)24-44)45-33-13-7-4-10-27(33)28-11-5-8-14-34(28)45/h4-22H,1-3H3. The highest BCUT2D eigenvalue weighted by molar-refractivity contribution is 6.24. The van der Waals surface area contributed by atoms with Crippen LogP contribution in [0.4, 0.5) is 0 Å². The van der Waals surface area contributed by atoms with Gasteiger partial charge in [-0.15, -0.1) is 0 Å². The maximum absolute atomic E-state index is 11.0. The summed E-state index contributed by atoms with van der Waals surface area (Å²) in [5.74, 6) is 0. The fourth-order valence-corrected chi connectivity index (χ4v) is 7.34. The number of nitrogens with zero attached hydrogens (tertiary/aromatic N) is 4. The summed E-state index contributed by atoms with van der Waals surface area (Å²) in [5, 5.41) is 27.7. The second kappa shape index (κ2) is 9.60. The van der Waals surface area contributed by atoms with Crippen molar-refractivity contribution in [2.24, 2.45) is 0 Å². The summed E-state index contributed by atoms with van der Waals surface area (Å²) in [4.78, 5) is 0. The third-order valence-electron chi connectivity index (χ3n) is 9.54. The first-order chi connectivity index (χ1) is 22.9. The van der Waals surface area contributed by atoms with Gasteiger partial charge in [-0.3, -0.25) is 0 Å². The molecule has 5 nitrogen and oxygen atoms in total. The van der Waals surface area contributed by atoms with E-state index in [1.54, 1.807) is 0 Å². The van der Waals surface area contributed by atoms with Crippen molar-refractivity contribution in [3.05, 3.63) is 132 Å². The number of para-hydroxylation sites is 3. The molecule has 3 aromatic heterocycles. The Kier molecular flexibility index (Phi) is 5.52. The molecule has 0 saturated heterocycles. The molecule has 0 bridgehead atoms. The van der Waals surface area contributed by atoms with Crippen molar-refractivity contribution in [3.63, 3.8) is 0 Å². The first-order valence-electron chi connectivity index (χ1n) is 15.7. The molecule has 47 heavy (non-hydrogen) atoms. The number of benzene rings is 6. The van der Waals surface area contributed by atoms with Gasteiger partial charge in [-0.25, -0.2) is 0 Å². The highest BCUT2D eigenvalue weighted by atomic mass is 16.3. The van der Waals surface area contributed by atoms with Crippen molar-refractivity contribution in [1.82, 2.24) is 9.13 Å². The highest BCUT2D eigenvalue weighted by Crippen LogP contribution is 2.43. The number of furan rings is 1. The lowest BCUT2D eigenvalue weighted by molar-refractivity contribution is 0.591. The van der Waals surface area contributed by atoms with Crippen LogP contribution in [-0.4, -0.2) is 9.13 Å². The molecule has 0 atom stereocenters. The number of fused-ring (bicyclic) bond motifs is 10. The zero-order chi connectivity index (χ0) is 32.0. The Balaban J connectivity index is 1.46. The van der Waals surface area contributed by atoms with Crippen molar-refractivity contribution in [1.29, 1.82) is 10.5 Å². The van der Waals surface area contributed by atoms with Crippen LogP contribution >= 0.6 is 0 Å². The van der Waals surface area contributed by atoms with E-state index in [1.165, 1.54) is 5.56 Å². The predicted molar refractivity (Wildman–Crippen MR) is 191 cm³/mol. The first-order valence-corrected chi connectivity index (χ1v) is 15.7. The summed E-state index contributed by atoms with van der Waals surface area (Å²) in [6.07, 6.45) is 0. The first kappa shape index (κ1) is 27.0. The fraction of sp³-hybridized carbons (Fsp3) is 0.0952. The molecule has 222 valence electrons. The quantitative estimate of drug-likeness (QED) is 0.197. The smallest absolute Gasteiger partial charge is 0.145 e. The van der Waals surface area contributed by atoms with Gasteiger partial charge >= 0.3 is 0 Å². The third kappa shape index (κ3) is 3.75. The van der Waals surface area contributed by atoms with Crippen molar-refractivity contribution in [3.8, 4) is 23.5 Å². The number of hydrogen-bond acceptors (Lipinski definition) is 3. The molecule has 0 aliphatic rings. The number of hydrogen-bond donors (Lipinski definition) is 0. The molecule has 3 heterocycles. The van der Waals surface area contributed by atoms with E-state index in [0.29, 0.717) is 22.5 Å². The van der Waals surface area contributed by atoms with E-state index in [0.717, 1.165) is 65.6 Å². The van der Waals surface area contributed by atoms with Gasteiger partial charge in [-0.05, 0) is 65.6 Å². The Bertz CT molecular complexity index is 2800. The van der Waals surface area contributed by atoms with Crippen LogP contribution in [0.1, 0.15) is 37.5 Å². The van der Waals surface area contributed by atoms with E-state index in [2.05, 4.69) is 103 Å². The van der Waals surface area contributed by atoms with Gasteiger partial charge in [0.1, 0.15) is 22.8 Å². The molecule has 0 N–H and O–H groups in total. The molecule has 6 aromatic carbocycles. The largest absolute Gasteiger partial charge is 0.455 e. The minimum atomic E-state index is -0.0768. The third-order valence-corrected chi connectivity index (χ3v) is 9.54. The molecule has 0 aliphatic carbocycles. The van der Waals surface area contributed by atoms with E-state index < -0.39 is 0 Å². The summed E-state index contributed by atoms with van der Waals surface area (Å²) >= 11 is 0. The molecule has 9 rings (SSSR count). The summed E-state index contributed by atoms with van der Waals surface area (Å²) in [5.41, 5.74) is 8.88. The van der Waals surface area contributed by atoms with Crippen molar-refractivity contribution in [2.75, 3.05) is 0 Å². The van der Waals surface area contributed by atoms with Crippen LogP contribution in [0.2, 0.25) is 0 Å². The molecular weight excluding hydrogens is 576 g/mol. The Morgan fingerprint density at radius 2 is 1.13 bits per heavy atom. The molecule has 0 unspecified atom stereocenters. The lowest BCUT2D eigenvalue weighted by Crippen LogP contribution is -2.10. The van der Waals surface area contributed by atoms with Crippen molar-refractivity contribution in [2.45, 2.75) is 26.2 Å². The fourth-order valence-electron chi connectivity index (χ4n) is 7.34. The van der Waals surface area contributed by atoms with E-state index in [4.69, 9.17) is 4.42 Å². The summed E-state index contributed by atoms with van der Waals surface area (Å²) in [6, 6.07) is 44.0. The summed E-state index contributed by atoms with van der Waals surface area (Å²) < 4.78 is 10.9.